The smallest absolute Gasteiger partial charge is 0.333 e. The van der Waals surface area contributed by atoms with Gasteiger partial charge in [-0.2, -0.15) is 8.42 Å². The van der Waals surface area contributed by atoms with E-state index in [-0.39, 0.29) is 18.9 Å². The van der Waals surface area contributed by atoms with Crippen molar-refractivity contribution >= 4 is 21.3 Å². The first-order valence-electron chi connectivity index (χ1n) is 9.62. The molecule has 2 N–H and O–H groups in total. The number of ether oxygens (including phenoxy) is 1. The lowest BCUT2D eigenvalue weighted by atomic mass is 10.1. The molecule has 2 aromatic heterocycles. The number of aromatic nitrogens is 3. The van der Waals surface area contributed by atoms with E-state index in [1.165, 1.54) is 11.9 Å². The Morgan fingerprint density at radius 1 is 1.23 bits per heavy atom. The highest BCUT2D eigenvalue weighted by Gasteiger charge is 2.30. The van der Waals surface area contributed by atoms with Gasteiger partial charge in [-0.1, -0.05) is 36.3 Å². The van der Waals surface area contributed by atoms with Gasteiger partial charge in [0.15, 0.2) is 0 Å². The summed E-state index contributed by atoms with van der Waals surface area (Å²) in [5.74, 6) is 2.73. The lowest BCUT2D eigenvalue weighted by Crippen LogP contribution is -2.23. The van der Waals surface area contributed by atoms with Gasteiger partial charge in [-0.3, -0.25) is 4.18 Å². The maximum Gasteiger partial charge on any atom is 0.333 e. The molecule has 1 aromatic carbocycles. The van der Waals surface area contributed by atoms with Crippen molar-refractivity contribution in [3.8, 4) is 12.3 Å². The van der Waals surface area contributed by atoms with Crippen LogP contribution in [0.4, 0.5) is 0 Å². The van der Waals surface area contributed by atoms with Crippen molar-refractivity contribution in [3.63, 3.8) is 0 Å². The summed E-state index contributed by atoms with van der Waals surface area (Å²) in [6, 6.07) is 10.2. The molecular weight excluding hydrogens is 404 g/mol. The van der Waals surface area contributed by atoms with Gasteiger partial charge >= 0.3 is 10.3 Å². The molecule has 0 amide bonds. The highest BCUT2D eigenvalue weighted by Crippen LogP contribution is 2.33. The number of nitrogens with two attached hydrogens (primary N) is 1. The number of nitrogens with zero attached hydrogens (tertiary/aromatic N) is 3. The Morgan fingerprint density at radius 3 is 2.77 bits per heavy atom. The lowest BCUT2D eigenvalue weighted by Gasteiger charge is -2.15. The maximum atomic E-state index is 11.0. The van der Waals surface area contributed by atoms with Crippen LogP contribution in [0.3, 0.4) is 0 Å². The summed E-state index contributed by atoms with van der Waals surface area (Å²) in [6.07, 6.45) is 11.3. The van der Waals surface area contributed by atoms with E-state index < -0.39 is 10.3 Å². The first-order chi connectivity index (χ1) is 14.4. The van der Waals surface area contributed by atoms with Crippen LogP contribution in [-0.4, -0.2) is 35.7 Å². The Bertz CT molecular complexity index is 1180. The highest BCUT2D eigenvalue weighted by molar-refractivity contribution is 7.84. The van der Waals surface area contributed by atoms with Gasteiger partial charge in [0.05, 0.1) is 29.4 Å². The van der Waals surface area contributed by atoms with Crippen molar-refractivity contribution < 1.29 is 17.3 Å². The highest BCUT2D eigenvalue weighted by atomic mass is 32.2. The third kappa shape index (κ3) is 4.52. The average Bonchev–Trinajstić information content (AvgIpc) is 3.35. The summed E-state index contributed by atoms with van der Waals surface area (Å²) in [5.41, 5.74) is 3.53. The van der Waals surface area contributed by atoms with E-state index in [9.17, 15) is 8.42 Å². The van der Waals surface area contributed by atoms with E-state index >= 15 is 0 Å². The molecule has 30 heavy (non-hydrogen) atoms. The number of benzene rings is 1. The monoisotopic (exact) mass is 426 g/mol. The molecule has 8 nitrogen and oxygen atoms in total. The molecule has 9 heteroatoms. The molecule has 0 spiro atoms. The van der Waals surface area contributed by atoms with Gasteiger partial charge in [-0.25, -0.2) is 15.1 Å². The lowest BCUT2D eigenvalue weighted by molar-refractivity contribution is -0.0146. The zero-order chi connectivity index (χ0) is 21.1. The van der Waals surface area contributed by atoms with Crippen LogP contribution in [0, 0.1) is 12.3 Å². The summed E-state index contributed by atoms with van der Waals surface area (Å²) in [7, 11) is -4.00. The summed E-state index contributed by atoms with van der Waals surface area (Å²) >= 11 is 0. The Morgan fingerprint density at radius 2 is 2.03 bits per heavy atom. The van der Waals surface area contributed by atoms with Crippen LogP contribution in [-0.2, 0) is 32.1 Å². The van der Waals surface area contributed by atoms with Gasteiger partial charge in [0.1, 0.15) is 18.2 Å². The van der Waals surface area contributed by atoms with Crippen LogP contribution in [0.2, 0.25) is 0 Å². The largest absolute Gasteiger partial charge is 0.352 e. The number of hydrogen-bond donors (Lipinski definition) is 1. The normalized spacial score (nSPS) is 19.2. The molecular formula is C21H22N4O4S. The fraction of sp³-hybridized carbons (Fsp3) is 0.333. The SMILES string of the molecule is C#Cc1cn([C@H]2CC[C@@H](COS(N)(=O)=O)O2)c2ncnc(CCc3ccccc3)c12. The van der Waals surface area contributed by atoms with Crippen molar-refractivity contribution in [1.29, 1.82) is 0 Å². The predicted octanol–water partition coefficient (Wildman–Crippen LogP) is 2.10. The zero-order valence-electron chi connectivity index (χ0n) is 16.3. The molecule has 0 aliphatic carbocycles. The standard InChI is InChI=1S/C21H22N4O4S/c1-2-16-12-25(19-11-9-17(29-19)13-28-30(22,26)27)21-20(16)18(23-14-24-21)10-8-15-6-4-3-5-7-15/h1,3-7,12,14,17,19H,8-11,13H2,(H2,22,26,27)/t17-,19+/m0/s1. The summed E-state index contributed by atoms with van der Waals surface area (Å²) in [6.45, 7) is -0.117. The maximum absolute atomic E-state index is 11.0. The Hall–Kier alpha value is -2.77. The van der Waals surface area contributed by atoms with Crippen molar-refractivity contribution in [1.82, 2.24) is 14.5 Å². The van der Waals surface area contributed by atoms with Gasteiger partial charge in [-0.15, -0.1) is 6.42 Å². The second kappa shape index (κ2) is 8.53. The van der Waals surface area contributed by atoms with Gasteiger partial charge in [0, 0.05) is 6.20 Å². The van der Waals surface area contributed by atoms with Gasteiger partial charge < -0.3 is 9.30 Å². The molecule has 1 saturated heterocycles. The van der Waals surface area contributed by atoms with Crippen molar-refractivity contribution in [2.75, 3.05) is 6.61 Å². The number of aryl methyl sites for hydroxylation is 2. The van der Waals surface area contributed by atoms with E-state index in [1.54, 1.807) is 0 Å². The topological polar surface area (TPSA) is 109 Å². The van der Waals surface area contributed by atoms with E-state index in [0.717, 1.165) is 23.9 Å². The van der Waals surface area contributed by atoms with Crippen LogP contribution >= 0.6 is 0 Å². The number of rotatable bonds is 7. The summed E-state index contributed by atoms with van der Waals surface area (Å²) in [4.78, 5) is 8.93. The first kappa shape index (κ1) is 20.5. The minimum Gasteiger partial charge on any atom is -0.352 e. The Labute approximate surface area is 175 Å². The molecule has 0 bridgehead atoms. The van der Waals surface area contributed by atoms with Crippen LogP contribution in [0.1, 0.15) is 35.9 Å². The molecule has 0 radical (unpaired) electrons. The Balaban J connectivity index is 1.57. The summed E-state index contributed by atoms with van der Waals surface area (Å²) in [5, 5.41) is 5.74. The third-order valence-electron chi connectivity index (χ3n) is 5.15. The Kier molecular flexibility index (Phi) is 5.83. The molecule has 3 aromatic rings. The fourth-order valence-corrected chi connectivity index (χ4v) is 4.10. The molecule has 0 unspecified atom stereocenters. The molecule has 2 atom stereocenters. The quantitative estimate of drug-likeness (QED) is 0.580. The van der Waals surface area contributed by atoms with E-state index in [0.29, 0.717) is 24.1 Å². The van der Waals surface area contributed by atoms with Crippen LogP contribution in [0.25, 0.3) is 11.0 Å². The van der Waals surface area contributed by atoms with E-state index in [1.807, 2.05) is 29.0 Å². The predicted molar refractivity (Wildman–Crippen MR) is 112 cm³/mol. The number of terminal acetylenes is 1. The number of hydrogen-bond acceptors (Lipinski definition) is 6. The van der Waals surface area contributed by atoms with Gasteiger partial charge in [0.2, 0.25) is 0 Å². The van der Waals surface area contributed by atoms with Crippen molar-refractivity contribution in [2.24, 2.45) is 5.14 Å². The van der Waals surface area contributed by atoms with Crippen molar-refractivity contribution in [2.45, 2.75) is 38.0 Å². The zero-order valence-corrected chi connectivity index (χ0v) is 17.1. The van der Waals surface area contributed by atoms with Gasteiger partial charge in [-0.05, 0) is 31.2 Å². The molecule has 1 fully saturated rings. The minimum absolute atomic E-state index is 0.117. The van der Waals surface area contributed by atoms with Crippen LogP contribution in [0.15, 0.2) is 42.9 Å². The number of fused-ring (bicyclic) bond motifs is 1. The van der Waals surface area contributed by atoms with Crippen LogP contribution < -0.4 is 5.14 Å². The van der Waals surface area contributed by atoms with Crippen molar-refractivity contribution in [3.05, 3.63) is 59.7 Å². The molecule has 4 rings (SSSR count). The average molecular weight is 426 g/mol. The van der Waals surface area contributed by atoms with E-state index in [2.05, 4.69) is 32.2 Å². The fourth-order valence-electron chi connectivity index (χ4n) is 3.76. The summed E-state index contributed by atoms with van der Waals surface area (Å²) < 4.78 is 34.6. The third-order valence-corrected chi connectivity index (χ3v) is 5.61. The first-order valence-corrected chi connectivity index (χ1v) is 11.1. The minimum atomic E-state index is -4.00. The molecule has 0 saturated carbocycles. The molecule has 3 heterocycles. The molecule has 1 aliphatic rings. The van der Waals surface area contributed by atoms with E-state index in [4.69, 9.17) is 16.3 Å². The molecule has 156 valence electrons. The molecule has 1 aliphatic heterocycles. The second-order valence-corrected chi connectivity index (χ2v) is 8.39. The van der Waals surface area contributed by atoms with Crippen LogP contribution in [0.5, 0.6) is 0 Å². The second-order valence-electron chi connectivity index (χ2n) is 7.17. The van der Waals surface area contributed by atoms with Gasteiger partial charge in [0.25, 0.3) is 0 Å².